The molecule has 0 bridgehead atoms. The molecule has 4 rings (SSSR count). The Morgan fingerprint density at radius 2 is 2.05 bits per heavy atom. The van der Waals surface area contributed by atoms with Gasteiger partial charge in [0, 0.05) is 22.7 Å². The van der Waals surface area contributed by atoms with E-state index in [0.717, 1.165) is 24.4 Å². The monoisotopic (exact) mass is 295 g/mol. The Kier molecular flexibility index (Phi) is 3.13. The number of hydrogen-bond donors (Lipinski definition) is 2. The van der Waals surface area contributed by atoms with Crippen LogP contribution in [0, 0.1) is 0 Å². The van der Waals surface area contributed by atoms with Gasteiger partial charge in [-0.05, 0) is 29.9 Å². The summed E-state index contributed by atoms with van der Waals surface area (Å²) in [6.45, 7) is 0.562. The minimum absolute atomic E-state index is 0.138. The molecule has 106 valence electrons. The molecule has 0 saturated heterocycles. The summed E-state index contributed by atoms with van der Waals surface area (Å²) in [5.74, 6) is 1.13. The Hall–Kier alpha value is -1.91. The SMILES string of the molecule is NCC(c1ccccc1)c1nc2c([nH]1)CCc1sccc1-2. The number of fused-ring (bicyclic) bond motifs is 3. The van der Waals surface area contributed by atoms with Gasteiger partial charge in [0.1, 0.15) is 5.82 Å². The van der Waals surface area contributed by atoms with Crippen molar-refractivity contribution in [3.8, 4) is 11.3 Å². The number of hydrogen-bond acceptors (Lipinski definition) is 3. The van der Waals surface area contributed by atoms with Crippen molar-refractivity contribution in [2.24, 2.45) is 5.73 Å². The molecule has 1 aromatic carbocycles. The van der Waals surface area contributed by atoms with Crippen molar-refractivity contribution in [2.75, 3.05) is 6.54 Å². The lowest BCUT2D eigenvalue weighted by molar-refractivity contribution is 0.760. The van der Waals surface area contributed by atoms with E-state index in [1.54, 1.807) is 0 Å². The van der Waals surface area contributed by atoms with Crippen molar-refractivity contribution >= 4 is 11.3 Å². The Labute approximate surface area is 127 Å². The molecular formula is C17H17N3S. The highest BCUT2D eigenvalue weighted by atomic mass is 32.1. The lowest BCUT2D eigenvalue weighted by Crippen LogP contribution is -2.15. The molecule has 0 aliphatic heterocycles. The summed E-state index contributed by atoms with van der Waals surface area (Å²) in [6, 6.07) is 12.6. The zero-order valence-electron chi connectivity index (χ0n) is 11.7. The van der Waals surface area contributed by atoms with Crippen LogP contribution in [0.15, 0.2) is 41.8 Å². The normalized spacial score (nSPS) is 14.5. The predicted octanol–water partition coefficient (Wildman–Crippen LogP) is 3.33. The molecule has 1 aliphatic carbocycles. The molecule has 0 saturated carbocycles. The molecule has 1 aliphatic rings. The van der Waals surface area contributed by atoms with Crippen LogP contribution in [0.3, 0.4) is 0 Å². The maximum atomic E-state index is 6.01. The number of aromatic nitrogens is 2. The summed E-state index contributed by atoms with van der Waals surface area (Å²) in [7, 11) is 0. The first-order chi connectivity index (χ1) is 10.4. The van der Waals surface area contributed by atoms with Gasteiger partial charge < -0.3 is 10.7 Å². The highest BCUT2D eigenvalue weighted by molar-refractivity contribution is 7.10. The van der Waals surface area contributed by atoms with Gasteiger partial charge >= 0.3 is 0 Å². The molecule has 3 nitrogen and oxygen atoms in total. The van der Waals surface area contributed by atoms with E-state index in [1.807, 2.05) is 17.4 Å². The van der Waals surface area contributed by atoms with Crippen molar-refractivity contribution < 1.29 is 0 Å². The maximum absolute atomic E-state index is 6.01. The fourth-order valence-electron chi connectivity index (χ4n) is 3.07. The van der Waals surface area contributed by atoms with Crippen molar-refractivity contribution in [1.82, 2.24) is 9.97 Å². The summed E-state index contributed by atoms with van der Waals surface area (Å²) < 4.78 is 0. The second kappa shape index (κ2) is 5.13. The van der Waals surface area contributed by atoms with Crippen LogP contribution in [-0.4, -0.2) is 16.5 Å². The summed E-state index contributed by atoms with van der Waals surface area (Å²) in [5, 5.41) is 2.16. The van der Waals surface area contributed by atoms with Crippen LogP contribution in [-0.2, 0) is 12.8 Å². The molecule has 0 spiro atoms. The number of rotatable bonds is 3. The van der Waals surface area contributed by atoms with Crippen molar-refractivity contribution in [3.05, 3.63) is 63.7 Å². The average Bonchev–Trinajstić information content (AvgIpc) is 3.14. The third-order valence-corrected chi connectivity index (χ3v) is 5.15. The molecule has 3 aromatic rings. The van der Waals surface area contributed by atoms with Gasteiger partial charge in [-0.2, -0.15) is 0 Å². The number of benzene rings is 1. The van der Waals surface area contributed by atoms with Gasteiger partial charge in [-0.15, -0.1) is 11.3 Å². The molecule has 0 amide bonds. The number of H-pyrrole nitrogens is 1. The Bertz CT molecular complexity index is 757. The minimum atomic E-state index is 0.138. The largest absolute Gasteiger partial charge is 0.345 e. The highest BCUT2D eigenvalue weighted by Gasteiger charge is 2.24. The van der Waals surface area contributed by atoms with E-state index in [2.05, 4.69) is 40.7 Å². The van der Waals surface area contributed by atoms with Crippen LogP contribution in [0.25, 0.3) is 11.3 Å². The van der Waals surface area contributed by atoms with Gasteiger partial charge in [0.25, 0.3) is 0 Å². The van der Waals surface area contributed by atoms with E-state index in [1.165, 1.54) is 21.7 Å². The Balaban J connectivity index is 1.78. The van der Waals surface area contributed by atoms with Crippen LogP contribution < -0.4 is 5.73 Å². The minimum Gasteiger partial charge on any atom is -0.345 e. The Morgan fingerprint density at radius 3 is 2.86 bits per heavy atom. The number of imidazole rings is 1. The van der Waals surface area contributed by atoms with Crippen molar-refractivity contribution in [1.29, 1.82) is 0 Å². The first-order valence-electron chi connectivity index (χ1n) is 7.27. The number of aromatic amines is 1. The molecule has 21 heavy (non-hydrogen) atoms. The van der Waals surface area contributed by atoms with Gasteiger partial charge in [-0.25, -0.2) is 4.98 Å². The molecule has 1 atom stereocenters. The van der Waals surface area contributed by atoms with Gasteiger partial charge in [-0.3, -0.25) is 0 Å². The lowest BCUT2D eigenvalue weighted by atomic mass is 9.99. The summed E-state index contributed by atoms with van der Waals surface area (Å²) in [6.07, 6.45) is 2.15. The van der Waals surface area contributed by atoms with Crippen LogP contribution in [0.1, 0.15) is 27.9 Å². The van der Waals surface area contributed by atoms with E-state index < -0.39 is 0 Å². The smallest absolute Gasteiger partial charge is 0.115 e. The fourth-order valence-corrected chi connectivity index (χ4v) is 3.95. The Morgan fingerprint density at radius 1 is 1.19 bits per heavy atom. The number of thiophene rings is 1. The van der Waals surface area contributed by atoms with E-state index in [4.69, 9.17) is 10.7 Å². The molecule has 0 radical (unpaired) electrons. The van der Waals surface area contributed by atoms with Gasteiger partial charge in [0.15, 0.2) is 0 Å². The van der Waals surface area contributed by atoms with E-state index in [-0.39, 0.29) is 5.92 Å². The topological polar surface area (TPSA) is 54.7 Å². The number of aryl methyl sites for hydroxylation is 2. The van der Waals surface area contributed by atoms with Gasteiger partial charge in [-0.1, -0.05) is 30.3 Å². The molecule has 3 N–H and O–H groups in total. The first kappa shape index (κ1) is 12.8. The van der Waals surface area contributed by atoms with Crippen LogP contribution in [0.4, 0.5) is 0 Å². The quantitative estimate of drug-likeness (QED) is 0.778. The third-order valence-electron chi connectivity index (χ3n) is 4.17. The molecule has 2 aromatic heterocycles. The van der Waals surface area contributed by atoms with Crippen molar-refractivity contribution in [2.45, 2.75) is 18.8 Å². The second-order valence-corrected chi connectivity index (χ2v) is 6.41. The van der Waals surface area contributed by atoms with Crippen molar-refractivity contribution in [3.63, 3.8) is 0 Å². The average molecular weight is 295 g/mol. The van der Waals surface area contributed by atoms with E-state index >= 15 is 0 Å². The fraction of sp³-hybridized carbons (Fsp3) is 0.235. The predicted molar refractivity (Wildman–Crippen MR) is 86.6 cm³/mol. The van der Waals surface area contributed by atoms with Gasteiger partial charge in [0.05, 0.1) is 11.6 Å². The van der Waals surface area contributed by atoms with Crippen LogP contribution in [0.5, 0.6) is 0 Å². The van der Waals surface area contributed by atoms with Gasteiger partial charge in [0.2, 0.25) is 0 Å². The summed E-state index contributed by atoms with van der Waals surface area (Å²) in [5.41, 5.74) is 10.9. The van der Waals surface area contributed by atoms with Crippen LogP contribution >= 0.6 is 11.3 Å². The first-order valence-corrected chi connectivity index (χ1v) is 8.15. The van der Waals surface area contributed by atoms with E-state index in [9.17, 15) is 0 Å². The third kappa shape index (κ3) is 2.11. The molecular weight excluding hydrogens is 278 g/mol. The molecule has 2 heterocycles. The molecule has 4 heteroatoms. The standard InChI is InChI=1S/C17H17N3S/c18-10-13(11-4-2-1-3-5-11)17-19-14-6-7-15-12(8-9-21-15)16(14)20-17/h1-5,8-9,13H,6-7,10,18H2,(H,19,20). The van der Waals surface area contributed by atoms with E-state index in [0.29, 0.717) is 6.54 Å². The lowest BCUT2D eigenvalue weighted by Gasteiger charge is -2.12. The zero-order valence-corrected chi connectivity index (χ0v) is 12.5. The maximum Gasteiger partial charge on any atom is 0.115 e. The number of nitrogens with two attached hydrogens (primary N) is 1. The molecule has 1 unspecified atom stereocenters. The summed E-state index contributed by atoms with van der Waals surface area (Å²) in [4.78, 5) is 9.86. The number of nitrogens with one attached hydrogen (secondary N) is 1. The zero-order chi connectivity index (χ0) is 14.2. The van der Waals surface area contributed by atoms with Crippen LogP contribution in [0.2, 0.25) is 0 Å². The highest BCUT2D eigenvalue weighted by Crippen LogP contribution is 2.36. The number of nitrogens with zero attached hydrogens (tertiary/aromatic N) is 1. The molecule has 0 fully saturated rings. The summed E-state index contributed by atoms with van der Waals surface area (Å²) >= 11 is 1.83. The second-order valence-electron chi connectivity index (χ2n) is 5.41.